The summed E-state index contributed by atoms with van der Waals surface area (Å²) >= 11 is 0. The van der Waals surface area contributed by atoms with Crippen molar-refractivity contribution in [2.24, 2.45) is 0 Å². The monoisotopic (exact) mass is 280 g/mol. The van der Waals surface area contributed by atoms with E-state index < -0.39 is 11.8 Å². The van der Waals surface area contributed by atoms with Crippen molar-refractivity contribution in [2.75, 3.05) is 26.4 Å². The smallest absolute Gasteiger partial charge is 0.333 e. The second-order valence-corrected chi connectivity index (χ2v) is 4.03. The first-order chi connectivity index (χ1) is 9.62. The predicted molar refractivity (Wildman–Crippen MR) is 73.9 cm³/mol. The van der Waals surface area contributed by atoms with E-state index in [-0.39, 0.29) is 6.61 Å². The Balaban J connectivity index is 2.69. The van der Waals surface area contributed by atoms with Crippen molar-refractivity contribution in [3.63, 3.8) is 0 Å². The van der Waals surface area contributed by atoms with Gasteiger partial charge < -0.3 is 19.3 Å². The van der Waals surface area contributed by atoms with Crippen LogP contribution in [0.2, 0.25) is 0 Å². The zero-order valence-electron chi connectivity index (χ0n) is 11.6. The first kappa shape index (κ1) is 16.4. The van der Waals surface area contributed by atoms with Gasteiger partial charge in [0, 0.05) is 18.2 Å². The van der Waals surface area contributed by atoms with Crippen LogP contribution in [-0.2, 0) is 24.8 Å². The Bertz CT molecular complexity index is 418. The van der Waals surface area contributed by atoms with E-state index in [1.54, 1.807) is 30.3 Å². The molecule has 0 fully saturated rings. The molecule has 0 bridgehead atoms. The van der Waals surface area contributed by atoms with Crippen LogP contribution in [0.15, 0.2) is 43.0 Å². The summed E-state index contributed by atoms with van der Waals surface area (Å²) in [5.41, 5.74) is 0.437. The van der Waals surface area contributed by atoms with E-state index in [2.05, 4.69) is 6.58 Å². The molecular formula is C15H20O5. The van der Waals surface area contributed by atoms with Crippen LogP contribution >= 0.6 is 0 Å². The van der Waals surface area contributed by atoms with Crippen LogP contribution < -0.4 is 0 Å². The highest BCUT2D eigenvalue weighted by Crippen LogP contribution is 2.23. The van der Waals surface area contributed by atoms with Crippen LogP contribution in [0.4, 0.5) is 0 Å². The Morgan fingerprint density at radius 1 is 1.30 bits per heavy atom. The van der Waals surface area contributed by atoms with Crippen molar-refractivity contribution in [1.29, 1.82) is 0 Å². The third-order valence-electron chi connectivity index (χ3n) is 2.53. The molecule has 1 aromatic rings. The maximum Gasteiger partial charge on any atom is 0.333 e. The zero-order valence-corrected chi connectivity index (χ0v) is 11.6. The minimum Gasteiger partial charge on any atom is -0.423 e. The molecule has 0 saturated carbocycles. The van der Waals surface area contributed by atoms with Crippen LogP contribution in [-0.4, -0.2) is 37.5 Å². The number of hydrogen-bond acceptors (Lipinski definition) is 5. The standard InChI is InChI=1S/C15H20O5/c1-3-14(16)20-15(17,12-19-11-10-18-4-2)13-8-6-5-7-9-13/h3,5-9,17H,1,4,10-12H2,2H3. The topological polar surface area (TPSA) is 65.0 Å². The van der Waals surface area contributed by atoms with E-state index >= 15 is 0 Å². The number of hydrogen-bond donors (Lipinski definition) is 1. The molecule has 1 rings (SSSR count). The van der Waals surface area contributed by atoms with Crippen molar-refractivity contribution >= 4 is 5.97 Å². The van der Waals surface area contributed by atoms with Crippen molar-refractivity contribution in [3.05, 3.63) is 48.6 Å². The van der Waals surface area contributed by atoms with E-state index in [9.17, 15) is 9.90 Å². The van der Waals surface area contributed by atoms with Gasteiger partial charge in [-0.2, -0.15) is 0 Å². The normalized spacial score (nSPS) is 13.5. The number of esters is 1. The number of carbonyl (C=O) groups is 1. The first-order valence-corrected chi connectivity index (χ1v) is 6.41. The summed E-state index contributed by atoms with van der Waals surface area (Å²) in [5, 5.41) is 10.5. The number of aliphatic hydroxyl groups is 1. The van der Waals surface area contributed by atoms with Crippen LogP contribution in [0.5, 0.6) is 0 Å². The molecule has 0 spiro atoms. The molecule has 20 heavy (non-hydrogen) atoms. The maximum atomic E-state index is 11.4. The van der Waals surface area contributed by atoms with Gasteiger partial charge in [-0.3, -0.25) is 0 Å². The van der Waals surface area contributed by atoms with E-state index in [4.69, 9.17) is 14.2 Å². The molecule has 0 aliphatic rings. The number of benzene rings is 1. The Kier molecular flexibility index (Phi) is 6.93. The van der Waals surface area contributed by atoms with Gasteiger partial charge in [-0.05, 0) is 6.92 Å². The number of rotatable bonds is 9. The highest BCUT2D eigenvalue weighted by Gasteiger charge is 2.33. The molecule has 0 aromatic heterocycles. The Morgan fingerprint density at radius 2 is 1.95 bits per heavy atom. The van der Waals surface area contributed by atoms with Gasteiger partial charge in [-0.1, -0.05) is 36.9 Å². The Hall–Kier alpha value is -1.69. The van der Waals surface area contributed by atoms with E-state index in [1.165, 1.54) is 0 Å². The number of carbonyl (C=O) groups excluding carboxylic acids is 1. The third kappa shape index (κ3) is 5.13. The summed E-state index contributed by atoms with van der Waals surface area (Å²) in [7, 11) is 0. The van der Waals surface area contributed by atoms with Crippen LogP contribution in [0, 0.1) is 0 Å². The highest BCUT2D eigenvalue weighted by molar-refractivity contribution is 5.81. The molecule has 0 radical (unpaired) electrons. The van der Waals surface area contributed by atoms with Gasteiger partial charge in [0.1, 0.15) is 6.61 Å². The van der Waals surface area contributed by atoms with E-state index in [0.717, 1.165) is 6.08 Å². The summed E-state index contributed by atoms with van der Waals surface area (Å²) in [6, 6.07) is 8.59. The van der Waals surface area contributed by atoms with Crippen LogP contribution in [0.3, 0.4) is 0 Å². The maximum absolute atomic E-state index is 11.4. The van der Waals surface area contributed by atoms with Gasteiger partial charge in [0.25, 0.3) is 5.79 Å². The molecule has 1 N–H and O–H groups in total. The van der Waals surface area contributed by atoms with Gasteiger partial charge in [-0.15, -0.1) is 0 Å². The summed E-state index contributed by atoms with van der Waals surface area (Å²) in [5.74, 6) is -2.55. The van der Waals surface area contributed by atoms with E-state index in [1.807, 2.05) is 6.92 Å². The average molecular weight is 280 g/mol. The second-order valence-electron chi connectivity index (χ2n) is 4.03. The minimum absolute atomic E-state index is 0.177. The average Bonchev–Trinajstić information content (AvgIpc) is 2.48. The molecular weight excluding hydrogens is 260 g/mol. The Labute approximate surface area is 118 Å². The lowest BCUT2D eigenvalue weighted by atomic mass is 10.1. The quantitative estimate of drug-likeness (QED) is 0.322. The zero-order chi connectivity index (χ0) is 14.8. The van der Waals surface area contributed by atoms with Crippen LogP contribution in [0.1, 0.15) is 12.5 Å². The summed E-state index contributed by atoms with van der Waals surface area (Å²) in [6.45, 7) is 6.33. The molecule has 110 valence electrons. The summed E-state index contributed by atoms with van der Waals surface area (Å²) < 4.78 is 15.5. The fourth-order valence-electron chi connectivity index (χ4n) is 1.55. The third-order valence-corrected chi connectivity index (χ3v) is 2.53. The molecule has 1 aromatic carbocycles. The lowest BCUT2D eigenvalue weighted by Crippen LogP contribution is -2.37. The van der Waals surface area contributed by atoms with Crippen molar-refractivity contribution < 1.29 is 24.1 Å². The van der Waals surface area contributed by atoms with Gasteiger partial charge in [-0.25, -0.2) is 4.79 Å². The summed E-state index contributed by atoms with van der Waals surface area (Å²) in [4.78, 5) is 11.4. The molecule has 0 saturated heterocycles. The molecule has 0 aliphatic heterocycles. The second kappa shape index (κ2) is 8.47. The SMILES string of the molecule is C=CC(=O)OC(O)(COCCOCC)c1ccccc1. The largest absolute Gasteiger partial charge is 0.423 e. The van der Waals surface area contributed by atoms with Gasteiger partial charge >= 0.3 is 5.97 Å². The fourth-order valence-corrected chi connectivity index (χ4v) is 1.55. The highest BCUT2D eigenvalue weighted by atomic mass is 16.7. The lowest BCUT2D eigenvalue weighted by Gasteiger charge is -2.27. The van der Waals surface area contributed by atoms with Gasteiger partial charge in [0.05, 0.1) is 13.2 Å². The van der Waals surface area contributed by atoms with E-state index in [0.29, 0.717) is 25.4 Å². The lowest BCUT2D eigenvalue weighted by molar-refractivity contribution is -0.232. The fraction of sp³-hybridized carbons (Fsp3) is 0.400. The number of ether oxygens (including phenoxy) is 3. The van der Waals surface area contributed by atoms with Crippen molar-refractivity contribution in [2.45, 2.75) is 12.7 Å². The Morgan fingerprint density at radius 3 is 2.55 bits per heavy atom. The molecule has 0 amide bonds. The van der Waals surface area contributed by atoms with Gasteiger partial charge in [0.15, 0.2) is 0 Å². The summed E-state index contributed by atoms with van der Waals surface area (Å²) in [6.07, 6.45) is 0.994. The first-order valence-electron chi connectivity index (χ1n) is 6.41. The van der Waals surface area contributed by atoms with Crippen molar-refractivity contribution in [1.82, 2.24) is 0 Å². The molecule has 0 heterocycles. The van der Waals surface area contributed by atoms with Crippen LogP contribution in [0.25, 0.3) is 0 Å². The predicted octanol–water partition coefficient (Wildman–Crippen LogP) is 1.61. The molecule has 5 heteroatoms. The molecule has 1 unspecified atom stereocenters. The molecule has 0 aliphatic carbocycles. The van der Waals surface area contributed by atoms with Crippen molar-refractivity contribution in [3.8, 4) is 0 Å². The van der Waals surface area contributed by atoms with Gasteiger partial charge in [0.2, 0.25) is 0 Å². The molecule has 1 atom stereocenters. The molecule has 5 nitrogen and oxygen atoms in total. The minimum atomic E-state index is -1.83.